The van der Waals surface area contributed by atoms with Crippen LogP contribution < -0.4 is 0 Å². The van der Waals surface area contributed by atoms with Crippen LogP contribution in [0.25, 0.3) is 0 Å². The minimum absolute atomic E-state index is 0.0732. The van der Waals surface area contributed by atoms with E-state index in [1.807, 2.05) is 0 Å². The number of aliphatic carboxylic acids is 1. The molecule has 0 fully saturated rings. The third-order valence-electron chi connectivity index (χ3n) is 4.82. The fraction of sp³-hybridized carbons (Fsp3) is 0.462. The molecule has 1 aromatic rings. The molecule has 2 N–H and O–H groups in total. The van der Waals surface area contributed by atoms with Gasteiger partial charge in [-0.15, -0.1) is 0 Å². The zero-order valence-corrected chi connectivity index (χ0v) is 20.9. The Balaban J connectivity index is 1.96. The molecule has 0 bridgehead atoms. The first-order valence-corrected chi connectivity index (χ1v) is 12.1. The lowest BCUT2D eigenvalue weighted by atomic mass is 10.1. The molecule has 12 nitrogen and oxygen atoms in total. The standard InChI is InChI=1S/C26H32O12/c27-21(28)13-14-24(31)37-17-4-3-15-35-22(29)7-1-2-8-23(30)36-16-5-6-18-38-26(34)20-11-9-19(10-12-20)25(32)33/h9-14H,1-8,15-18H2,(H,27,28)(H,32,33)/b14-13-. The van der Waals surface area contributed by atoms with E-state index in [4.69, 9.17) is 29.2 Å². The number of benzene rings is 1. The van der Waals surface area contributed by atoms with Crippen molar-refractivity contribution in [3.05, 3.63) is 47.5 Å². The molecule has 0 aromatic heterocycles. The molecule has 0 spiro atoms. The number of hydrogen-bond donors (Lipinski definition) is 2. The van der Waals surface area contributed by atoms with E-state index in [9.17, 15) is 28.8 Å². The average Bonchev–Trinajstić information content (AvgIpc) is 2.89. The van der Waals surface area contributed by atoms with E-state index in [1.54, 1.807) is 0 Å². The summed E-state index contributed by atoms with van der Waals surface area (Å²) in [6.45, 7) is 0.555. The van der Waals surface area contributed by atoms with Gasteiger partial charge in [-0.05, 0) is 62.8 Å². The Morgan fingerprint density at radius 2 is 1.03 bits per heavy atom. The van der Waals surface area contributed by atoms with E-state index >= 15 is 0 Å². The minimum Gasteiger partial charge on any atom is -0.478 e. The summed E-state index contributed by atoms with van der Waals surface area (Å²) in [5, 5.41) is 17.2. The Bertz CT molecular complexity index is 965. The third kappa shape index (κ3) is 15.7. The first-order chi connectivity index (χ1) is 18.2. The summed E-state index contributed by atoms with van der Waals surface area (Å²) in [5.74, 6) is -4.43. The zero-order valence-electron chi connectivity index (χ0n) is 20.9. The Kier molecular flexibility index (Phi) is 15.9. The normalized spacial score (nSPS) is 10.5. The van der Waals surface area contributed by atoms with E-state index < -0.39 is 29.8 Å². The second-order valence-electron chi connectivity index (χ2n) is 7.92. The van der Waals surface area contributed by atoms with E-state index in [1.165, 1.54) is 24.3 Å². The molecule has 0 unspecified atom stereocenters. The topological polar surface area (TPSA) is 180 Å². The zero-order chi connectivity index (χ0) is 28.2. The lowest BCUT2D eigenvalue weighted by Gasteiger charge is -2.07. The van der Waals surface area contributed by atoms with Crippen molar-refractivity contribution in [2.45, 2.75) is 51.4 Å². The van der Waals surface area contributed by atoms with E-state index in [-0.39, 0.29) is 56.4 Å². The second-order valence-corrected chi connectivity index (χ2v) is 7.92. The summed E-state index contributed by atoms with van der Waals surface area (Å²) in [5.41, 5.74) is 0.321. The van der Waals surface area contributed by atoms with Gasteiger partial charge in [-0.2, -0.15) is 0 Å². The first-order valence-electron chi connectivity index (χ1n) is 12.1. The maximum absolute atomic E-state index is 11.9. The molecular formula is C26H32O12. The summed E-state index contributed by atoms with van der Waals surface area (Å²) in [7, 11) is 0. The highest BCUT2D eigenvalue weighted by molar-refractivity contribution is 5.92. The van der Waals surface area contributed by atoms with Crippen molar-refractivity contribution in [1.29, 1.82) is 0 Å². The molecule has 1 aromatic carbocycles. The molecule has 1 rings (SSSR count). The number of esters is 4. The van der Waals surface area contributed by atoms with Crippen molar-refractivity contribution in [3.8, 4) is 0 Å². The van der Waals surface area contributed by atoms with Gasteiger partial charge in [0.15, 0.2) is 0 Å². The van der Waals surface area contributed by atoms with Crippen molar-refractivity contribution >= 4 is 35.8 Å². The van der Waals surface area contributed by atoms with E-state index in [0.717, 1.165) is 6.08 Å². The molecule has 0 heterocycles. The number of hydrogen-bond acceptors (Lipinski definition) is 10. The van der Waals surface area contributed by atoms with Gasteiger partial charge in [-0.3, -0.25) is 9.59 Å². The number of aromatic carboxylic acids is 1. The van der Waals surface area contributed by atoms with Crippen molar-refractivity contribution in [2.75, 3.05) is 26.4 Å². The van der Waals surface area contributed by atoms with Gasteiger partial charge in [0.1, 0.15) is 0 Å². The molecule has 0 aliphatic carbocycles. The van der Waals surface area contributed by atoms with Crippen molar-refractivity contribution < 1.29 is 57.9 Å². The predicted molar refractivity (Wildman–Crippen MR) is 130 cm³/mol. The average molecular weight is 537 g/mol. The molecular weight excluding hydrogens is 504 g/mol. The predicted octanol–water partition coefficient (Wildman–Crippen LogP) is 2.93. The Morgan fingerprint density at radius 3 is 1.50 bits per heavy atom. The van der Waals surface area contributed by atoms with Crippen LogP contribution in [0, 0.1) is 0 Å². The number of carboxylic acids is 2. The monoisotopic (exact) mass is 536 g/mol. The third-order valence-corrected chi connectivity index (χ3v) is 4.82. The maximum atomic E-state index is 11.9. The summed E-state index contributed by atoms with van der Waals surface area (Å²) in [6, 6.07) is 5.39. The number of carbonyl (C=O) groups is 6. The van der Waals surface area contributed by atoms with Crippen LogP contribution in [0.5, 0.6) is 0 Å². The quantitative estimate of drug-likeness (QED) is 0.114. The Labute approximate surface area is 219 Å². The first kappa shape index (κ1) is 31.8. The van der Waals surface area contributed by atoms with Crippen LogP contribution in [0.15, 0.2) is 36.4 Å². The van der Waals surface area contributed by atoms with Crippen molar-refractivity contribution in [2.24, 2.45) is 0 Å². The summed E-state index contributed by atoms with van der Waals surface area (Å²) in [6.07, 6.45) is 4.67. The second kappa shape index (κ2) is 19.0. The molecule has 0 saturated carbocycles. The van der Waals surface area contributed by atoms with Crippen LogP contribution in [0.4, 0.5) is 0 Å². The molecule has 12 heteroatoms. The summed E-state index contributed by atoms with van der Waals surface area (Å²) >= 11 is 0. The Hall–Kier alpha value is -4.22. The van der Waals surface area contributed by atoms with E-state index in [2.05, 4.69) is 0 Å². The van der Waals surface area contributed by atoms with Gasteiger partial charge < -0.3 is 29.2 Å². The molecule has 38 heavy (non-hydrogen) atoms. The number of unbranched alkanes of at least 4 members (excludes halogenated alkanes) is 3. The fourth-order valence-electron chi connectivity index (χ4n) is 2.82. The highest BCUT2D eigenvalue weighted by atomic mass is 16.5. The van der Waals surface area contributed by atoms with Crippen LogP contribution in [0.2, 0.25) is 0 Å². The molecule has 208 valence electrons. The van der Waals surface area contributed by atoms with Gasteiger partial charge in [0, 0.05) is 25.0 Å². The van der Waals surface area contributed by atoms with Crippen molar-refractivity contribution in [1.82, 2.24) is 0 Å². The van der Waals surface area contributed by atoms with Gasteiger partial charge in [0.25, 0.3) is 0 Å². The molecule has 0 radical (unpaired) electrons. The van der Waals surface area contributed by atoms with Crippen LogP contribution in [0.3, 0.4) is 0 Å². The number of ether oxygens (including phenoxy) is 4. The SMILES string of the molecule is O=C(O)/C=C\C(=O)OCCCCOC(=O)CCCCC(=O)OCCCCOC(=O)c1ccc(C(=O)O)cc1. The van der Waals surface area contributed by atoms with Gasteiger partial charge in [-0.1, -0.05) is 0 Å². The maximum Gasteiger partial charge on any atom is 0.338 e. The smallest absolute Gasteiger partial charge is 0.338 e. The largest absolute Gasteiger partial charge is 0.478 e. The van der Waals surface area contributed by atoms with Crippen LogP contribution in [0.1, 0.15) is 72.1 Å². The fourth-order valence-corrected chi connectivity index (χ4v) is 2.82. The van der Waals surface area contributed by atoms with Crippen LogP contribution >= 0.6 is 0 Å². The lowest BCUT2D eigenvalue weighted by molar-refractivity contribution is -0.146. The lowest BCUT2D eigenvalue weighted by Crippen LogP contribution is -2.10. The van der Waals surface area contributed by atoms with Crippen LogP contribution in [-0.4, -0.2) is 72.5 Å². The molecule has 0 amide bonds. The van der Waals surface area contributed by atoms with Crippen molar-refractivity contribution in [3.63, 3.8) is 0 Å². The van der Waals surface area contributed by atoms with Gasteiger partial charge >= 0.3 is 35.8 Å². The van der Waals surface area contributed by atoms with Gasteiger partial charge in [0.05, 0.1) is 37.6 Å². The Morgan fingerprint density at radius 1 is 0.579 bits per heavy atom. The molecule has 0 atom stereocenters. The molecule has 0 aliphatic rings. The highest BCUT2D eigenvalue weighted by Gasteiger charge is 2.10. The summed E-state index contributed by atoms with van der Waals surface area (Å²) in [4.78, 5) is 67.6. The molecule has 0 aliphatic heterocycles. The number of carbonyl (C=O) groups excluding carboxylic acids is 4. The van der Waals surface area contributed by atoms with Gasteiger partial charge in [0.2, 0.25) is 0 Å². The van der Waals surface area contributed by atoms with Crippen LogP contribution in [-0.2, 0) is 38.1 Å². The van der Waals surface area contributed by atoms with E-state index in [0.29, 0.717) is 44.6 Å². The number of rotatable bonds is 19. The molecule has 0 saturated heterocycles. The highest BCUT2D eigenvalue weighted by Crippen LogP contribution is 2.07. The number of carboxylic acid groups (broad SMARTS) is 2. The van der Waals surface area contributed by atoms with Gasteiger partial charge in [-0.25, -0.2) is 19.2 Å². The summed E-state index contributed by atoms with van der Waals surface area (Å²) < 4.78 is 20.0. The minimum atomic E-state index is -1.25.